The topological polar surface area (TPSA) is 94.9 Å². The third-order valence-corrected chi connectivity index (χ3v) is 4.97. The molecule has 0 spiro atoms. The molecule has 8 heteroatoms. The van der Waals surface area contributed by atoms with E-state index in [0.717, 1.165) is 49.6 Å². The molecule has 1 unspecified atom stereocenters. The van der Waals surface area contributed by atoms with Gasteiger partial charge in [-0.3, -0.25) is 4.90 Å². The average Bonchev–Trinajstić information content (AvgIpc) is 2.99. The van der Waals surface area contributed by atoms with Crippen molar-refractivity contribution in [2.45, 2.75) is 25.3 Å². The SMILES string of the molecule is Cn1nc(C2CCCN(Cc3cnc(N)nc3)C2)n(-c2ccccc2)c1=O. The molecule has 1 fully saturated rings. The van der Waals surface area contributed by atoms with Crippen LogP contribution in [0.2, 0.25) is 0 Å². The number of hydrogen-bond acceptors (Lipinski definition) is 6. The predicted octanol–water partition coefficient (Wildman–Crippen LogP) is 1.32. The van der Waals surface area contributed by atoms with E-state index < -0.39 is 0 Å². The van der Waals surface area contributed by atoms with Crippen molar-refractivity contribution >= 4 is 5.95 Å². The Balaban J connectivity index is 1.59. The summed E-state index contributed by atoms with van der Waals surface area (Å²) in [5, 5.41) is 4.56. The fourth-order valence-corrected chi connectivity index (χ4v) is 3.68. The van der Waals surface area contributed by atoms with Crippen LogP contribution in [0.5, 0.6) is 0 Å². The van der Waals surface area contributed by atoms with Crippen LogP contribution >= 0.6 is 0 Å². The lowest BCUT2D eigenvalue weighted by molar-refractivity contribution is 0.195. The second kappa shape index (κ2) is 7.32. The number of hydrogen-bond donors (Lipinski definition) is 1. The summed E-state index contributed by atoms with van der Waals surface area (Å²) >= 11 is 0. The van der Waals surface area contributed by atoms with Crippen LogP contribution in [0, 0.1) is 0 Å². The van der Waals surface area contributed by atoms with Gasteiger partial charge < -0.3 is 5.73 Å². The highest BCUT2D eigenvalue weighted by molar-refractivity contribution is 5.33. The Kier molecular flexibility index (Phi) is 4.72. The van der Waals surface area contributed by atoms with Gasteiger partial charge in [0.1, 0.15) is 5.82 Å². The summed E-state index contributed by atoms with van der Waals surface area (Å²) in [6.07, 6.45) is 5.61. The molecule has 3 aromatic rings. The van der Waals surface area contributed by atoms with Crippen molar-refractivity contribution in [1.82, 2.24) is 29.2 Å². The van der Waals surface area contributed by atoms with E-state index in [2.05, 4.69) is 20.0 Å². The third kappa shape index (κ3) is 3.61. The number of piperidine rings is 1. The second-order valence-electron chi connectivity index (χ2n) is 6.96. The highest BCUT2D eigenvalue weighted by Gasteiger charge is 2.27. The number of nitrogen functional groups attached to an aromatic ring is 1. The van der Waals surface area contributed by atoms with Gasteiger partial charge in [-0.05, 0) is 31.5 Å². The Bertz CT molecular complexity index is 962. The minimum absolute atomic E-state index is 0.111. The fourth-order valence-electron chi connectivity index (χ4n) is 3.68. The van der Waals surface area contributed by atoms with Gasteiger partial charge in [-0.15, -0.1) is 0 Å². The molecular formula is C19H23N7O. The minimum atomic E-state index is -0.111. The molecule has 8 nitrogen and oxygen atoms in total. The molecular weight excluding hydrogens is 342 g/mol. The van der Waals surface area contributed by atoms with Gasteiger partial charge in [0.15, 0.2) is 0 Å². The van der Waals surface area contributed by atoms with Crippen molar-refractivity contribution in [1.29, 1.82) is 0 Å². The number of benzene rings is 1. The van der Waals surface area contributed by atoms with E-state index in [1.807, 2.05) is 30.3 Å². The van der Waals surface area contributed by atoms with Crippen LogP contribution < -0.4 is 11.4 Å². The minimum Gasteiger partial charge on any atom is -0.368 e. The van der Waals surface area contributed by atoms with Crippen LogP contribution in [-0.2, 0) is 13.6 Å². The first-order valence-electron chi connectivity index (χ1n) is 9.12. The summed E-state index contributed by atoms with van der Waals surface area (Å²) < 4.78 is 3.16. The van der Waals surface area contributed by atoms with Crippen LogP contribution in [0.15, 0.2) is 47.5 Å². The zero-order valence-corrected chi connectivity index (χ0v) is 15.3. The Labute approximate surface area is 157 Å². The highest BCUT2D eigenvalue weighted by atomic mass is 16.2. The Morgan fingerprint density at radius 3 is 2.67 bits per heavy atom. The Morgan fingerprint density at radius 2 is 1.93 bits per heavy atom. The number of anilines is 1. The Morgan fingerprint density at radius 1 is 1.19 bits per heavy atom. The first kappa shape index (κ1) is 17.4. The molecule has 1 aromatic carbocycles. The molecule has 0 amide bonds. The molecule has 4 rings (SSSR count). The van der Waals surface area contributed by atoms with E-state index in [4.69, 9.17) is 5.73 Å². The largest absolute Gasteiger partial charge is 0.368 e. The van der Waals surface area contributed by atoms with Crippen LogP contribution in [0.3, 0.4) is 0 Å². The molecule has 2 aromatic heterocycles. The van der Waals surface area contributed by atoms with Crippen LogP contribution in [0.4, 0.5) is 5.95 Å². The smallest absolute Gasteiger partial charge is 0.350 e. The quantitative estimate of drug-likeness (QED) is 0.749. The summed E-state index contributed by atoms with van der Waals surface area (Å²) in [4.78, 5) is 23.2. The molecule has 0 saturated carbocycles. The zero-order chi connectivity index (χ0) is 18.8. The van der Waals surface area contributed by atoms with Gasteiger partial charge in [0, 0.05) is 44.0 Å². The molecule has 140 valence electrons. The van der Waals surface area contributed by atoms with Crippen molar-refractivity contribution in [2.75, 3.05) is 18.8 Å². The number of para-hydroxylation sites is 1. The van der Waals surface area contributed by atoms with Crippen LogP contribution in [0.1, 0.15) is 30.1 Å². The molecule has 3 heterocycles. The number of aromatic nitrogens is 5. The molecule has 0 bridgehead atoms. The summed E-state index contributed by atoms with van der Waals surface area (Å²) in [6, 6.07) is 9.71. The number of aryl methyl sites for hydroxylation is 1. The molecule has 0 radical (unpaired) electrons. The van der Waals surface area contributed by atoms with Crippen molar-refractivity contribution < 1.29 is 0 Å². The molecule has 1 saturated heterocycles. The lowest BCUT2D eigenvalue weighted by atomic mass is 9.96. The standard InChI is InChI=1S/C19H23N7O/c1-24-19(27)26(16-7-3-2-4-8-16)17(23-24)15-6-5-9-25(13-15)12-14-10-21-18(20)22-11-14/h2-4,7-8,10-11,15H,5-6,9,12-13H2,1H3,(H2,20,21,22). The first-order chi connectivity index (χ1) is 13.1. The van der Waals surface area contributed by atoms with Gasteiger partial charge in [-0.2, -0.15) is 5.10 Å². The summed E-state index contributed by atoms with van der Waals surface area (Å²) in [7, 11) is 1.71. The zero-order valence-electron chi connectivity index (χ0n) is 15.3. The van der Waals surface area contributed by atoms with E-state index in [-0.39, 0.29) is 17.6 Å². The van der Waals surface area contributed by atoms with Crippen molar-refractivity contribution in [3.63, 3.8) is 0 Å². The lowest BCUT2D eigenvalue weighted by Gasteiger charge is -2.32. The number of nitrogens with two attached hydrogens (primary N) is 1. The van der Waals surface area contributed by atoms with Gasteiger partial charge >= 0.3 is 5.69 Å². The first-order valence-corrected chi connectivity index (χ1v) is 9.12. The summed E-state index contributed by atoms with van der Waals surface area (Å²) in [6.45, 7) is 2.61. The van der Waals surface area contributed by atoms with Gasteiger partial charge in [0.25, 0.3) is 0 Å². The van der Waals surface area contributed by atoms with Crippen LogP contribution in [0.25, 0.3) is 5.69 Å². The van der Waals surface area contributed by atoms with Gasteiger partial charge in [0.05, 0.1) is 5.69 Å². The maximum Gasteiger partial charge on any atom is 0.350 e. The molecule has 27 heavy (non-hydrogen) atoms. The lowest BCUT2D eigenvalue weighted by Crippen LogP contribution is -2.35. The van der Waals surface area contributed by atoms with E-state index >= 15 is 0 Å². The molecule has 1 atom stereocenters. The monoisotopic (exact) mass is 365 g/mol. The normalized spacial score (nSPS) is 17.9. The molecule has 2 N–H and O–H groups in total. The van der Waals surface area contributed by atoms with E-state index in [9.17, 15) is 4.79 Å². The van der Waals surface area contributed by atoms with Crippen molar-refractivity contribution in [3.05, 3.63) is 64.6 Å². The molecule has 0 aliphatic carbocycles. The fraction of sp³-hybridized carbons (Fsp3) is 0.368. The molecule has 1 aliphatic heterocycles. The van der Waals surface area contributed by atoms with Crippen molar-refractivity contribution in [3.8, 4) is 5.69 Å². The van der Waals surface area contributed by atoms with Gasteiger partial charge in [0.2, 0.25) is 5.95 Å². The van der Waals surface area contributed by atoms with E-state index in [0.29, 0.717) is 0 Å². The average molecular weight is 365 g/mol. The van der Waals surface area contributed by atoms with Gasteiger partial charge in [-0.25, -0.2) is 24.0 Å². The highest BCUT2D eigenvalue weighted by Crippen LogP contribution is 2.27. The third-order valence-electron chi connectivity index (χ3n) is 4.97. The number of likely N-dealkylation sites (tertiary alicyclic amines) is 1. The predicted molar refractivity (Wildman–Crippen MR) is 103 cm³/mol. The van der Waals surface area contributed by atoms with Gasteiger partial charge in [-0.1, -0.05) is 18.2 Å². The number of rotatable bonds is 4. The van der Waals surface area contributed by atoms with Crippen molar-refractivity contribution in [2.24, 2.45) is 7.05 Å². The second-order valence-corrected chi connectivity index (χ2v) is 6.96. The van der Waals surface area contributed by atoms with Crippen LogP contribution in [-0.4, -0.2) is 42.3 Å². The summed E-state index contributed by atoms with van der Waals surface area (Å²) in [5.74, 6) is 1.31. The Hall–Kier alpha value is -3.00. The summed E-state index contributed by atoms with van der Waals surface area (Å²) in [5.41, 5.74) is 7.35. The van der Waals surface area contributed by atoms with E-state index in [1.54, 1.807) is 24.0 Å². The molecule has 1 aliphatic rings. The maximum absolute atomic E-state index is 12.7. The number of nitrogens with zero attached hydrogens (tertiary/aromatic N) is 6. The maximum atomic E-state index is 12.7. The van der Waals surface area contributed by atoms with E-state index in [1.165, 1.54) is 4.68 Å².